The molecule has 0 bridgehead atoms. The lowest BCUT2D eigenvalue weighted by atomic mass is 9.91. The van der Waals surface area contributed by atoms with Gasteiger partial charge >= 0.3 is 0 Å². The van der Waals surface area contributed by atoms with Crippen LogP contribution in [0.25, 0.3) is 0 Å². The Morgan fingerprint density at radius 3 is 2.48 bits per heavy atom. The summed E-state index contributed by atoms with van der Waals surface area (Å²) in [5.41, 5.74) is 1.97. The fourth-order valence-corrected chi connectivity index (χ4v) is 5.45. The van der Waals surface area contributed by atoms with Gasteiger partial charge < -0.3 is 10.2 Å². The van der Waals surface area contributed by atoms with E-state index in [1.165, 1.54) is 6.07 Å². The quantitative estimate of drug-likeness (QED) is 0.808. The second kappa shape index (κ2) is 6.87. The summed E-state index contributed by atoms with van der Waals surface area (Å²) < 4.78 is 52.5. The van der Waals surface area contributed by atoms with Crippen LogP contribution < -0.4 is 5.32 Å². The van der Waals surface area contributed by atoms with Crippen molar-refractivity contribution in [2.24, 2.45) is 0 Å². The van der Waals surface area contributed by atoms with Gasteiger partial charge in [0, 0.05) is 24.2 Å². The monoisotopic (exact) mass is 392 g/mol. The minimum Gasteiger partial charge on any atom is -0.381 e. The average molecular weight is 392 g/mol. The maximum absolute atomic E-state index is 13.5. The molecule has 2 aliphatic rings. The van der Waals surface area contributed by atoms with Crippen LogP contribution in [0.2, 0.25) is 0 Å². The van der Waals surface area contributed by atoms with Crippen molar-refractivity contribution in [1.82, 2.24) is 4.90 Å². The maximum Gasteiger partial charge on any atom is 0.206 e. The number of benzene rings is 2. The summed E-state index contributed by atoms with van der Waals surface area (Å²) in [6.07, 6.45) is 1.98. The molecular weight excluding hydrogens is 370 g/mol. The van der Waals surface area contributed by atoms with E-state index >= 15 is 0 Å². The van der Waals surface area contributed by atoms with Crippen molar-refractivity contribution in [2.45, 2.75) is 41.5 Å². The Kier molecular flexibility index (Phi) is 4.68. The normalized spacial score (nSPS) is 22.6. The molecule has 2 atom stereocenters. The van der Waals surface area contributed by atoms with Crippen LogP contribution in [-0.2, 0) is 9.84 Å². The summed E-state index contributed by atoms with van der Waals surface area (Å²) in [7, 11) is -3.91. The Bertz CT molecular complexity index is 978. The standard InChI is InChI=1S/C20H22F2N2O2S/c1-2-24-9-7-15-16-11-13(4-6-19(16)23-20(15)8-10-24)27(25,26)14-3-5-17(21)18(22)12-14/h3-6,11-12,15,20,23H,2,7-10H2,1H3/t15-,20?/m1/s1. The van der Waals surface area contributed by atoms with Gasteiger partial charge in [-0.2, -0.15) is 0 Å². The Morgan fingerprint density at radius 1 is 1.04 bits per heavy atom. The van der Waals surface area contributed by atoms with Gasteiger partial charge in [0.05, 0.1) is 9.79 Å². The first kappa shape index (κ1) is 18.4. The van der Waals surface area contributed by atoms with Crippen molar-refractivity contribution in [2.75, 3.05) is 25.0 Å². The Morgan fingerprint density at radius 2 is 1.74 bits per heavy atom. The van der Waals surface area contributed by atoms with E-state index in [9.17, 15) is 17.2 Å². The highest BCUT2D eigenvalue weighted by Crippen LogP contribution is 2.42. The largest absolute Gasteiger partial charge is 0.381 e. The number of hydrogen-bond acceptors (Lipinski definition) is 4. The summed E-state index contributed by atoms with van der Waals surface area (Å²) in [6.45, 7) is 5.17. The highest BCUT2D eigenvalue weighted by Gasteiger charge is 2.35. The lowest BCUT2D eigenvalue weighted by Crippen LogP contribution is -2.25. The van der Waals surface area contributed by atoms with E-state index in [-0.39, 0.29) is 15.7 Å². The summed E-state index contributed by atoms with van der Waals surface area (Å²) in [5, 5.41) is 3.52. The Balaban J connectivity index is 1.69. The summed E-state index contributed by atoms with van der Waals surface area (Å²) in [5.74, 6) is -1.96. The third-order valence-electron chi connectivity index (χ3n) is 5.72. The number of nitrogens with zero attached hydrogens (tertiary/aromatic N) is 1. The van der Waals surface area contributed by atoms with Gasteiger partial charge in [-0.15, -0.1) is 0 Å². The van der Waals surface area contributed by atoms with Crippen LogP contribution in [0, 0.1) is 11.6 Å². The number of rotatable bonds is 3. The molecule has 0 aliphatic carbocycles. The van der Waals surface area contributed by atoms with Gasteiger partial charge in [0.2, 0.25) is 9.84 Å². The second-order valence-corrected chi connectivity index (χ2v) is 9.15. The molecule has 0 aromatic heterocycles. The number of likely N-dealkylation sites (tertiary alicyclic amines) is 1. The third-order valence-corrected chi connectivity index (χ3v) is 7.47. The molecule has 144 valence electrons. The average Bonchev–Trinajstić information content (AvgIpc) is 2.87. The SMILES string of the molecule is CCN1CCC2Nc3ccc(S(=O)(=O)c4ccc(F)c(F)c4)cc3[C@H]2CC1. The number of hydrogen-bond donors (Lipinski definition) is 1. The minimum absolute atomic E-state index is 0.117. The van der Waals surface area contributed by atoms with Gasteiger partial charge in [-0.05, 0) is 67.9 Å². The molecule has 2 aromatic carbocycles. The van der Waals surface area contributed by atoms with Gasteiger partial charge in [-0.25, -0.2) is 17.2 Å². The molecular formula is C20H22F2N2O2S. The van der Waals surface area contributed by atoms with Crippen LogP contribution in [0.15, 0.2) is 46.2 Å². The van der Waals surface area contributed by atoms with E-state index in [0.717, 1.165) is 61.9 Å². The molecule has 7 heteroatoms. The predicted octanol–water partition coefficient (Wildman–Crippen LogP) is 3.79. The molecule has 4 rings (SSSR count). The zero-order valence-electron chi connectivity index (χ0n) is 15.1. The molecule has 1 N–H and O–H groups in total. The molecule has 2 heterocycles. The zero-order chi connectivity index (χ0) is 19.2. The van der Waals surface area contributed by atoms with Crippen LogP contribution in [0.4, 0.5) is 14.5 Å². The van der Waals surface area contributed by atoms with Crippen LogP contribution in [0.1, 0.15) is 31.2 Å². The van der Waals surface area contributed by atoms with Gasteiger partial charge in [0.15, 0.2) is 11.6 Å². The molecule has 0 amide bonds. The highest BCUT2D eigenvalue weighted by molar-refractivity contribution is 7.91. The smallest absolute Gasteiger partial charge is 0.206 e. The Labute approximate surface area is 158 Å². The second-order valence-electron chi connectivity index (χ2n) is 7.20. The third kappa shape index (κ3) is 3.23. The van der Waals surface area contributed by atoms with E-state index in [2.05, 4.69) is 17.1 Å². The van der Waals surface area contributed by atoms with Crippen molar-refractivity contribution in [1.29, 1.82) is 0 Å². The molecule has 4 nitrogen and oxygen atoms in total. The van der Waals surface area contributed by atoms with Crippen LogP contribution >= 0.6 is 0 Å². The number of anilines is 1. The van der Waals surface area contributed by atoms with Gasteiger partial charge in [-0.1, -0.05) is 6.92 Å². The maximum atomic E-state index is 13.5. The first-order valence-corrected chi connectivity index (χ1v) is 10.7. The summed E-state index contributed by atoms with van der Waals surface area (Å²) in [4.78, 5) is 2.29. The summed E-state index contributed by atoms with van der Waals surface area (Å²) >= 11 is 0. The van der Waals surface area contributed by atoms with Gasteiger partial charge in [0.25, 0.3) is 0 Å². The Hall–Kier alpha value is -1.99. The fourth-order valence-electron chi connectivity index (χ4n) is 4.14. The number of sulfone groups is 1. The number of fused-ring (bicyclic) bond motifs is 3. The topological polar surface area (TPSA) is 49.4 Å². The first-order chi connectivity index (χ1) is 12.9. The first-order valence-electron chi connectivity index (χ1n) is 9.23. The molecule has 0 saturated carbocycles. The highest BCUT2D eigenvalue weighted by atomic mass is 32.2. The van der Waals surface area contributed by atoms with E-state index in [1.807, 2.05) is 0 Å². The lowest BCUT2D eigenvalue weighted by molar-refractivity contribution is 0.298. The van der Waals surface area contributed by atoms with Crippen molar-refractivity contribution in [3.8, 4) is 0 Å². The minimum atomic E-state index is -3.91. The van der Waals surface area contributed by atoms with E-state index in [0.29, 0.717) is 6.04 Å². The molecule has 0 spiro atoms. The predicted molar refractivity (Wildman–Crippen MR) is 99.8 cm³/mol. The molecule has 1 unspecified atom stereocenters. The van der Waals surface area contributed by atoms with Crippen molar-refractivity contribution < 1.29 is 17.2 Å². The van der Waals surface area contributed by atoms with Crippen molar-refractivity contribution in [3.05, 3.63) is 53.6 Å². The molecule has 2 aromatic rings. The van der Waals surface area contributed by atoms with E-state index in [4.69, 9.17) is 0 Å². The van der Waals surface area contributed by atoms with E-state index < -0.39 is 21.5 Å². The van der Waals surface area contributed by atoms with Crippen molar-refractivity contribution in [3.63, 3.8) is 0 Å². The lowest BCUT2D eigenvalue weighted by Gasteiger charge is -2.17. The molecule has 2 aliphatic heterocycles. The molecule has 27 heavy (non-hydrogen) atoms. The van der Waals surface area contributed by atoms with Gasteiger partial charge in [0.1, 0.15) is 0 Å². The van der Waals surface area contributed by atoms with E-state index in [1.54, 1.807) is 12.1 Å². The van der Waals surface area contributed by atoms with Crippen LogP contribution in [0.3, 0.4) is 0 Å². The van der Waals surface area contributed by atoms with Crippen LogP contribution in [0.5, 0.6) is 0 Å². The molecule has 0 radical (unpaired) electrons. The zero-order valence-corrected chi connectivity index (χ0v) is 15.9. The summed E-state index contributed by atoms with van der Waals surface area (Å²) in [6, 6.07) is 8.01. The molecule has 1 fully saturated rings. The molecule has 1 saturated heterocycles. The number of nitrogens with one attached hydrogen (secondary N) is 1. The van der Waals surface area contributed by atoms with Gasteiger partial charge in [-0.3, -0.25) is 0 Å². The fraction of sp³-hybridized carbons (Fsp3) is 0.400. The number of halogens is 2. The van der Waals surface area contributed by atoms with Crippen LogP contribution in [-0.4, -0.2) is 39.0 Å². The van der Waals surface area contributed by atoms with Crippen molar-refractivity contribution >= 4 is 15.5 Å².